The molecule has 0 bridgehead atoms. The maximum atomic E-state index is 12.2. The van der Waals surface area contributed by atoms with Gasteiger partial charge in [-0.05, 0) is 69.7 Å². The van der Waals surface area contributed by atoms with Gasteiger partial charge in [0, 0.05) is 18.4 Å². The second kappa shape index (κ2) is 11.4. The third-order valence-electron chi connectivity index (χ3n) is 5.92. The van der Waals surface area contributed by atoms with Gasteiger partial charge in [0.05, 0.1) is 0 Å². The summed E-state index contributed by atoms with van der Waals surface area (Å²) in [5, 5.41) is 0.205. The summed E-state index contributed by atoms with van der Waals surface area (Å²) in [5.41, 5.74) is 0.597. The van der Waals surface area contributed by atoms with Crippen molar-refractivity contribution in [2.24, 2.45) is 11.3 Å². The van der Waals surface area contributed by atoms with Crippen LogP contribution in [0, 0.1) is 35.0 Å². The average Bonchev–Trinajstić information content (AvgIpc) is 2.58. The van der Waals surface area contributed by atoms with Gasteiger partial charge >= 0.3 is 0 Å². The molecule has 0 aromatic rings. The van der Waals surface area contributed by atoms with Crippen molar-refractivity contribution in [1.82, 2.24) is 0 Å². The van der Waals surface area contributed by atoms with Crippen LogP contribution in [0.15, 0.2) is 24.3 Å². The lowest BCUT2D eigenvalue weighted by Gasteiger charge is -2.37. The molecule has 0 rings (SSSR count). The van der Waals surface area contributed by atoms with Crippen LogP contribution in [-0.2, 0) is 9.22 Å². The quantitative estimate of drug-likeness (QED) is 0.144. The Hall–Kier alpha value is -1.55. The lowest BCUT2D eigenvalue weighted by Crippen LogP contribution is -2.41. The van der Waals surface area contributed by atoms with E-state index in [1.807, 2.05) is 26.8 Å². The van der Waals surface area contributed by atoms with E-state index in [2.05, 4.69) is 71.0 Å². The van der Waals surface area contributed by atoms with Crippen molar-refractivity contribution >= 4 is 14.1 Å². The lowest BCUT2D eigenvalue weighted by molar-refractivity contribution is -0.109. The Bertz CT molecular complexity index is 686. The molecule has 2 atom stereocenters. The smallest absolute Gasteiger partial charge is 0.228 e. The van der Waals surface area contributed by atoms with E-state index in [-0.39, 0.29) is 16.7 Å². The number of hydrogen-bond acceptors (Lipinski definition) is 2. The van der Waals surface area contributed by atoms with Gasteiger partial charge in [0.1, 0.15) is 0 Å². The fourth-order valence-corrected chi connectivity index (χ4v) is 3.36. The molecule has 0 heterocycles. The van der Waals surface area contributed by atoms with E-state index < -0.39 is 13.7 Å². The van der Waals surface area contributed by atoms with E-state index in [0.29, 0.717) is 6.61 Å². The number of rotatable bonds is 9. The molecular weight excluding hydrogens is 360 g/mol. The van der Waals surface area contributed by atoms with Gasteiger partial charge in [0.2, 0.25) is 5.78 Å². The van der Waals surface area contributed by atoms with Crippen LogP contribution in [0.4, 0.5) is 0 Å². The number of carbonyl (C=O) groups is 1. The Kier molecular flexibility index (Phi) is 10.8. The van der Waals surface area contributed by atoms with Crippen molar-refractivity contribution in [3.05, 3.63) is 24.3 Å². The molecule has 0 unspecified atom stereocenters. The highest BCUT2D eigenvalue weighted by Crippen LogP contribution is 2.37. The lowest BCUT2D eigenvalue weighted by atomic mass is 9.77. The number of carbonyl (C=O) groups excluding carboxylic acids is 1. The van der Waals surface area contributed by atoms with Crippen LogP contribution in [0.2, 0.25) is 18.1 Å². The zero-order valence-electron chi connectivity index (χ0n) is 19.6. The molecule has 3 heteroatoms. The van der Waals surface area contributed by atoms with Crippen LogP contribution in [0.3, 0.4) is 0 Å². The zero-order valence-corrected chi connectivity index (χ0v) is 20.6. The Morgan fingerprint density at radius 1 is 1.25 bits per heavy atom. The minimum Gasteiger partial charge on any atom is -0.417 e. The molecule has 0 fully saturated rings. The first-order valence-electron chi connectivity index (χ1n) is 10.2. The number of allylic oxidation sites excluding steroid dienone is 3. The van der Waals surface area contributed by atoms with Crippen LogP contribution in [-0.4, -0.2) is 20.7 Å². The summed E-state index contributed by atoms with van der Waals surface area (Å²) in [5.74, 6) is 11.9. The second-order valence-electron chi connectivity index (χ2n) is 9.32. The molecule has 0 aliphatic heterocycles. The second-order valence-corrected chi connectivity index (χ2v) is 14.1. The highest BCUT2D eigenvalue weighted by Gasteiger charge is 2.37. The van der Waals surface area contributed by atoms with Crippen molar-refractivity contribution in [3.63, 3.8) is 0 Å². The summed E-state index contributed by atoms with van der Waals surface area (Å²) in [6.07, 6.45) is 5.95. The van der Waals surface area contributed by atoms with Crippen molar-refractivity contribution in [1.29, 1.82) is 0 Å². The third-order valence-corrected chi connectivity index (χ3v) is 10.5. The fraction of sp³-hybridized carbons (Fsp3) is 0.640. The van der Waals surface area contributed by atoms with E-state index in [1.165, 1.54) is 0 Å². The Balaban J connectivity index is 4.96. The highest BCUT2D eigenvalue weighted by atomic mass is 28.4. The zero-order chi connectivity index (χ0) is 22.0. The summed E-state index contributed by atoms with van der Waals surface area (Å²) in [4.78, 5) is 12.2. The molecule has 0 aromatic carbocycles. The van der Waals surface area contributed by atoms with E-state index in [9.17, 15) is 4.79 Å². The van der Waals surface area contributed by atoms with E-state index in [1.54, 1.807) is 6.08 Å². The number of ketones is 1. The first kappa shape index (κ1) is 26.4. The minimum absolute atomic E-state index is 0.153. The molecule has 28 heavy (non-hydrogen) atoms. The van der Waals surface area contributed by atoms with Gasteiger partial charge in [-0.2, -0.15) is 0 Å². The van der Waals surface area contributed by atoms with Gasteiger partial charge in [-0.25, -0.2) is 0 Å². The van der Waals surface area contributed by atoms with Gasteiger partial charge in [-0.1, -0.05) is 45.3 Å². The Labute approximate surface area is 175 Å². The molecule has 0 saturated heterocycles. The SMILES string of the molecule is C=C[C@](C)(C#CC(=O)/C=C(\C)CCC#CC)[C@H](C)CCO[Si](C)(C)C(C)(C)C. The predicted molar refractivity (Wildman–Crippen MR) is 124 cm³/mol. The van der Waals surface area contributed by atoms with Crippen LogP contribution in [0.1, 0.15) is 67.7 Å². The Morgan fingerprint density at radius 3 is 2.36 bits per heavy atom. The van der Waals surface area contributed by atoms with Crippen LogP contribution < -0.4 is 0 Å². The molecule has 0 amide bonds. The molecule has 156 valence electrons. The van der Waals surface area contributed by atoms with Gasteiger partial charge in [0.15, 0.2) is 8.32 Å². The number of hydrogen-bond donors (Lipinski definition) is 0. The largest absolute Gasteiger partial charge is 0.417 e. The maximum absolute atomic E-state index is 12.2. The van der Waals surface area contributed by atoms with Crippen molar-refractivity contribution in [2.45, 2.75) is 85.9 Å². The van der Waals surface area contributed by atoms with Crippen molar-refractivity contribution in [3.8, 4) is 23.7 Å². The van der Waals surface area contributed by atoms with Gasteiger partial charge in [-0.15, -0.1) is 18.4 Å². The first-order valence-corrected chi connectivity index (χ1v) is 13.1. The molecule has 2 nitrogen and oxygen atoms in total. The summed E-state index contributed by atoms with van der Waals surface area (Å²) in [6, 6.07) is 0. The van der Waals surface area contributed by atoms with Crippen molar-refractivity contribution in [2.75, 3.05) is 6.61 Å². The summed E-state index contributed by atoms with van der Waals surface area (Å²) < 4.78 is 6.30. The average molecular weight is 401 g/mol. The first-order chi connectivity index (χ1) is 12.8. The predicted octanol–water partition coefficient (Wildman–Crippen LogP) is 6.55. The topological polar surface area (TPSA) is 26.3 Å². The van der Waals surface area contributed by atoms with Crippen LogP contribution in [0.5, 0.6) is 0 Å². The molecule has 0 spiro atoms. The molecule has 0 N–H and O–H groups in total. The van der Waals surface area contributed by atoms with Gasteiger partial charge in [0.25, 0.3) is 0 Å². The summed E-state index contributed by atoms with van der Waals surface area (Å²) >= 11 is 0. The molecule has 0 aromatic heterocycles. The molecule has 0 aliphatic rings. The Morgan fingerprint density at radius 2 is 1.86 bits per heavy atom. The van der Waals surface area contributed by atoms with Crippen LogP contribution in [0.25, 0.3) is 0 Å². The molecule has 0 radical (unpaired) electrons. The third kappa shape index (κ3) is 9.09. The minimum atomic E-state index is -1.74. The normalized spacial score (nSPS) is 15.4. The van der Waals surface area contributed by atoms with E-state index in [4.69, 9.17) is 4.43 Å². The van der Waals surface area contributed by atoms with E-state index in [0.717, 1.165) is 24.8 Å². The molecule has 0 saturated carbocycles. The highest BCUT2D eigenvalue weighted by molar-refractivity contribution is 6.74. The summed E-state index contributed by atoms with van der Waals surface area (Å²) in [7, 11) is -1.74. The van der Waals surface area contributed by atoms with Crippen LogP contribution >= 0.6 is 0 Å². The van der Waals surface area contributed by atoms with Crippen molar-refractivity contribution < 1.29 is 9.22 Å². The summed E-state index contributed by atoms with van der Waals surface area (Å²) in [6.45, 7) is 23.9. The standard InChI is InChI=1S/C25H40O2Si/c1-11-13-14-15-21(3)20-23(26)16-18-25(8,12-2)22(4)17-19-27-28(9,10)24(5,6)7/h12,20,22H,2,14-15,17,19H2,1,3-10H3/b21-20+/t22-,25-/m1/s1. The molecular formula is C25H40O2Si. The van der Waals surface area contributed by atoms with Gasteiger partial charge < -0.3 is 4.43 Å². The molecule has 0 aliphatic carbocycles. The van der Waals surface area contributed by atoms with E-state index >= 15 is 0 Å². The fourth-order valence-electron chi connectivity index (χ4n) is 2.30. The monoisotopic (exact) mass is 400 g/mol. The van der Waals surface area contributed by atoms with Gasteiger partial charge in [-0.3, -0.25) is 4.79 Å². The maximum Gasteiger partial charge on any atom is 0.228 e.